The highest BCUT2D eigenvalue weighted by molar-refractivity contribution is 7.22. The minimum absolute atomic E-state index is 0.0446. The summed E-state index contributed by atoms with van der Waals surface area (Å²) in [6.07, 6.45) is 3.37. The van der Waals surface area contributed by atoms with E-state index in [1.807, 2.05) is 24.3 Å². The van der Waals surface area contributed by atoms with Gasteiger partial charge in [0, 0.05) is 34.6 Å². The van der Waals surface area contributed by atoms with Crippen molar-refractivity contribution >= 4 is 26.7 Å². The van der Waals surface area contributed by atoms with Crippen molar-refractivity contribution in [2.45, 2.75) is 0 Å². The molecule has 0 aliphatic carbocycles. The molecule has 0 saturated heterocycles. The van der Waals surface area contributed by atoms with Crippen LogP contribution in [0.5, 0.6) is 0 Å². The van der Waals surface area contributed by atoms with Gasteiger partial charge < -0.3 is 4.90 Å². The van der Waals surface area contributed by atoms with E-state index in [4.69, 9.17) is 8.22 Å². The normalized spacial score (nSPS) is 17.1. The Kier molecular flexibility index (Phi) is 1.53. The first-order valence-electron chi connectivity index (χ1n) is 8.27. The van der Waals surface area contributed by atoms with Gasteiger partial charge in [0.1, 0.15) is 0 Å². The predicted octanol–water partition coefficient (Wildman–Crippen LogP) is 3.42. The average Bonchev–Trinajstić information content (AvgIpc) is 2.86. The molecule has 2 aromatic heterocycles. The minimum Gasteiger partial charge on any atom is -0.354 e. The van der Waals surface area contributed by atoms with Crippen molar-refractivity contribution in [1.82, 2.24) is 9.97 Å². The molecule has 3 nitrogen and oxygen atoms in total. The molecule has 3 rings (SSSR count). The van der Waals surface area contributed by atoms with E-state index in [0.717, 1.165) is 27.2 Å². The van der Waals surface area contributed by atoms with Gasteiger partial charge in [-0.1, -0.05) is 17.4 Å². The summed E-state index contributed by atoms with van der Waals surface area (Å²) in [4.78, 5) is 8.58. The van der Waals surface area contributed by atoms with Crippen LogP contribution in [0.15, 0.2) is 42.7 Å². The zero-order chi connectivity index (χ0) is 17.5. The molecule has 0 fully saturated rings. The SMILES string of the molecule is [2H]C([2H])([2H])N(c1nc2ccc(-c3ccncc3)cc2s1)C([2H])([2H])[2H]. The Balaban J connectivity index is 2.08. The maximum absolute atomic E-state index is 7.49. The maximum atomic E-state index is 7.49. The van der Waals surface area contributed by atoms with Gasteiger partial charge in [0.2, 0.25) is 0 Å². The van der Waals surface area contributed by atoms with Crippen LogP contribution in [0.4, 0.5) is 5.13 Å². The van der Waals surface area contributed by atoms with Crippen molar-refractivity contribution in [3.05, 3.63) is 42.7 Å². The van der Waals surface area contributed by atoms with Crippen LogP contribution < -0.4 is 4.90 Å². The highest BCUT2D eigenvalue weighted by Gasteiger charge is 2.06. The summed E-state index contributed by atoms with van der Waals surface area (Å²) in [6.45, 7) is -5.60. The lowest BCUT2D eigenvalue weighted by atomic mass is 10.1. The molecular weight excluding hydrogens is 242 g/mol. The number of pyridine rings is 1. The number of hydrogen-bond acceptors (Lipinski definition) is 4. The monoisotopic (exact) mass is 261 g/mol. The molecule has 1 aromatic carbocycles. The summed E-state index contributed by atoms with van der Waals surface area (Å²) < 4.78 is 45.7. The predicted molar refractivity (Wildman–Crippen MR) is 77.2 cm³/mol. The van der Waals surface area contributed by atoms with Crippen molar-refractivity contribution < 1.29 is 8.22 Å². The van der Waals surface area contributed by atoms with Gasteiger partial charge in [-0.05, 0) is 35.4 Å². The number of nitrogens with zero attached hydrogens (tertiary/aromatic N) is 3. The summed E-state index contributed by atoms with van der Waals surface area (Å²) in [5, 5.41) is -0.0446. The molecule has 18 heavy (non-hydrogen) atoms. The molecule has 2 heterocycles. The van der Waals surface area contributed by atoms with Gasteiger partial charge in [0.05, 0.1) is 10.2 Å². The first-order valence-corrected chi connectivity index (χ1v) is 6.09. The first kappa shape index (κ1) is 6.29. The van der Waals surface area contributed by atoms with Gasteiger partial charge in [-0.3, -0.25) is 4.98 Å². The summed E-state index contributed by atoms with van der Waals surface area (Å²) in [7, 11) is 0. The van der Waals surface area contributed by atoms with Crippen molar-refractivity contribution in [3.8, 4) is 11.1 Å². The second-order valence-corrected chi connectivity index (χ2v) is 4.76. The fourth-order valence-corrected chi connectivity index (χ4v) is 2.57. The number of benzene rings is 1. The van der Waals surface area contributed by atoms with Gasteiger partial charge in [0.25, 0.3) is 0 Å². The van der Waals surface area contributed by atoms with Crippen molar-refractivity contribution in [3.63, 3.8) is 0 Å². The Morgan fingerprint density at radius 2 is 1.94 bits per heavy atom. The van der Waals surface area contributed by atoms with Gasteiger partial charge >= 0.3 is 0 Å². The molecule has 0 amide bonds. The first-order chi connectivity index (χ1) is 11.2. The quantitative estimate of drug-likeness (QED) is 0.707. The molecule has 0 atom stereocenters. The number of anilines is 1. The molecule has 4 heteroatoms. The lowest BCUT2D eigenvalue weighted by Crippen LogP contribution is -2.07. The Morgan fingerprint density at radius 3 is 2.72 bits per heavy atom. The Labute approximate surface area is 118 Å². The second kappa shape index (κ2) is 4.38. The molecule has 0 saturated carbocycles. The van der Waals surface area contributed by atoms with Gasteiger partial charge in [0.15, 0.2) is 5.13 Å². The van der Waals surface area contributed by atoms with E-state index < -0.39 is 14.0 Å². The van der Waals surface area contributed by atoms with Gasteiger partial charge in [-0.2, -0.15) is 0 Å². The van der Waals surface area contributed by atoms with E-state index in [-0.39, 0.29) is 5.13 Å². The van der Waals surface area contributed by atoms with E-state index in [0.29, 0.717) is 10.4 Å². The van der Waals surface area contributed by atoms with E-state index >= 15 is 0 Å². The molecule has 0 aliphatic rings. The summed E-state index contributed by atoms with van der Waals surface area (Å²) in [5.74, 6) is 0. The van der Waals surface area contributed by atoms with Crippen LogP contribution in [0, 0.1) is 0 Å². The van der Waals surface area contributed by atoms with Crippen LogP contribution in [0.25, 0.3) is 21.3 Å². The zero-order valence-electron chi connectivity index (χ0n) is 15.3. The van der Waals surface area contributed by atoms with Crippen LogP contribution >= 0.6 is 11.3 Å². The van der Waals surface area contributed by atoms with Crippen molar-refractivity contribution in [2.24, 2.45) is 0 Å². The van der Waals surface area contributed by atoms with Crippen molar-refractivity contribution in [2.75, 3.05) is 18.9 Å². The highest BCUT2D eigenvalue weighted by atomic mass is 32.1. The van der Waals surface area contributed by atoms with Crippen molar-refractivity contribution in [1.29, 1.82) is 0 Å². The smallest absolute Gasteiger partial charge is 0.185 e. The van der Waals surface area contributed by atoms with E-state index in [9.17, 15) is 0 Å². The lowest BCUT2D eigenvalue weighted by Gasteiger charge is -2.04. The third-order valence-corrected chi connectivity index (χ3v) is 3.59. The molecule has 0 radical (unpaired) electrons. The van der Waals surface area contributed by atoms with Crippen LogP contribution in [0.1, 0.15) is 8.22 Å². The van der Waals surface area contributed by atoms with Crippen LogP contribution in [0.2, 0.25) is 0 Å². The third kappa shape index (κ3) is 1.95. The topological polar surface area (TPSA) is 29.0 Å². The fourth-order valence-electron chi connectivity index (χ4n) is 1.73. The summed E-state index contributed by atoms with van der Waals surface area (Å²) in [6, 6.07) is 9.20. The standard InChI is InChI=1S/C14H13N3S/c1-17(2)14-16-12-4-3-11(9-13(12)18-14)10-5-7-15-8-6-10/h3-9H,1-2H3/i1D3,2D3. The third-order valence-electron chi connectivity index (χ3n) is 2.58. The molecular formula is C14H13N3S. The Bertz CT molecular complexity index is 842. The second-order valence-electron chi connectivity index (χ2n) is 3.75. The lowest BCUT2D eigenvalue weighted by molar-refractivity contribution is 1.11. The van der Waals surface area contributed by atoms with E-state index in [2.05, 4.69) is 9.97 Å². The van der Waals surface area contributed by atoms with Crippen LogP contribution in [0.3, 0.4) is 0 Å². The Morgan fingerprint density at radius 1 is 1.11 bits per heavy atom. The Hall–Kier alpha value is -1.94. The summed E-state index contributed by atoms with van der Waals surface area (Å²) in [5.41, 5.74) is 2.45. The maximum Gasteiger partial charge on any atom is 0.185 e. The van der Waals surface area contributed by atoms with Gasteiger partial charge in [-0.25, -0.2) is 4.98 Å². The molecule has 0 N–H and O–H groups in total. The number of fused-ring (bicyclic) bond motifs is 1. The molecule has 90 valence electrons. The number of aromatic nitrogens is 2. The van der Waals surface area contributed by atoms with Crippen LogP contribution in [-0.4, -0.2) is 23.9 Å². The van der Waals surface area contributed by atoms with E-state index in [1.54, 1.807) is 18.5 Å². The van der Waals surface area contributed by atoms with Crippen LogP contribution in [-0.2, 0) is 0 Å². The molecule has 3 aromatic rings. The molecule has 0 aliphatic heterocycles. The number of rotatable bonds is 2. The number of hydrogen-bond donors (Lipinski definition) is 0. The zero-order valence-corrected chi connectivity index (χ0v) is 10.1. The fraction of sp³-hybridized carbons (Fsp3) is 0.143. The van der Waals surface area contributed by atoms with Gasteiger partial charge in [-0.15, -0.1) is 0 Å². The van der Waals surface area contributed by atoms with E-state index in [1.165, 1.54) is 0 Å². The largest absolute Gasteiger partial charge is 0.354 e. The summed E-state index contributed by atoms with van der Waals surface area (Å²) >= 11 is 1.05. The highest BCUT2D eigenvalue weighted by Crippen LogP contribution is 2.31. The average molecular weight is 261 g/mol. The number of thiazole rings is 1. The molecule has 0 spiro atoms. The minimum atomic E-state index is -2.80. The molecule has 0 unspecified atom stereocenters. The molecule has 0 bridgehead atoms.